The molecule has 0 aromatic heterocycles. The molecule has 0 spiro atoms. The number of carbonyl (C=O) groups is 1. The maximum atomic E-state index is 11.2. The molecule has 2 rings (SSSR count). The molecule has 0 fully saturated rings. The fourth-order valence-corrected chi connectivity index (χ4v) is 3.16. The first-order valence-corrected chi connectivity index (χ1v) is 10.2. The van der Waals surface area contributed by atoms with Gasteiger partial charge in [-0.25, -0.2) is 0 Å². The van der Waals surface area contributed by atoms with Crippen molar-refractivity contribution in [3.8, 4) is 16.9 Å². The van der Waals surface area contributed by atoms with E-state index in [0.717, 1.165) is 35.5 Å². The van der Waals surface area contributed by atoms with Crippen molar-refractivity contribution in [2.45, 2.75) is 58.8 Å². The molecule has 1 unspecified atom stereocenters. The van der Waals surface area contributed by atoms with E-state index in [9.17, 15) is 9.90 Å². The zero-order chi connectivity index (χ0) is 19.5. The molecule has 2 aromatic carbocycles. The number of hydrogen-bond donors (Lipinski definition) is 1. The van der Waals surface area contributed by atoms with Crippen molar-refractivity contribution >= 4 is 5.97 Å². The van der Waals surface area contributed by atoms with Gasteiger partial charge in [-0.15, -0.1) is 0 Å². The quantitative estimate of drug-likeness (QED) is 0.444. The number of hydrogen-bond acceptors (Lipinski definition) is 2. The van der Waals surface area contributed by atoms with Crippen molar-refractivity contribution in [2.75, 3.05) is 6.61 Å². The fraction of sp³-hybridized carbons (Fsp3) is 0.458. The predicted octanol–water partition coefficient (Wildman–Crippen LogP) is 6.36. The number of aliphatic carboxylic acids is 1. The van der Waals surface area contributed by atoms with Crippen molar-refractivity contribution in [3.05, 3.63) is 54.1 Å². The van der Waals surface area contributed by atoms with Crippen LogP contribution in [0.15, 0.2) is 48.5 Å². The van der Waals surface area contributed by atoms with E-state index in [1.54, 1.807) is 0 Å². The first kappa shape index (κ1) is 21.0. The van der Waals surface area contributed by atoms with Gasteiger partial charge in [0.25, 0.3) is 0 Å². The molecule has 0 saturated heterocycles. The van der Waals surface area contributed by atoms with Gasteiger partial charge in [-0.3, -0.25) is 4.79 Å². The summed E-state index contributed by atoms with van der Waals surface area (Å²) in [5, 5.41) is 9.20. The number of rotatable bonds is 12. The summed E-state index contributed by atoms with van der Waals surface area (Å²) in [6, 6.07) is 16.4. The van der Waals surface area contributed by atoms with Gasteiger partial charge in [0.2, 0.25) is 0 Å². The highest BCUT2D eigenvalue weighted by Crippen LogP contribution is 2.24. The van der Waals surface area contributed by atoms with Gasteiger partial charge in [0, 0.05) is 0 Å². The summed E-state index contributed by atoms with van der Waals surface area (Å²) in [4.78, 5) is 11.2. The lowest BCUT2D eigenvalue weighted by atomic mass is 9.95. The van der Waals surface area contributed by atoms with Crippen molar-refractivity contribution in [1.82, 2.24) is 0 Å². The maximum Gasteiger partial charge on any atom is 0.306 e. The summed E-state index contributed by atoms with van der Waals surface area (Å²) in [5.74, 6) is -0.116. The van der Waals surface area contributed by atoms with E-state index in [0.29, 0.717) is 12.8 Å². The van der Waals surface area contributed by atoms with Crippen LogP contribution in [0.25, 0.3) is 11.1 Å². The molecule has 0 saturated carbocycles. The first-order valence-electron chi connectivity index (χ1n) is 10.2. The van der Waals surface area contributed by atoms with Crippen LogP contribution >= 0.6 is 0 Å². The minimum absolute atomic E-state index is 0.311. The van der Waals surface area contributed by atoms with Gasteiger partial charge >= 0.3 is 5.97 Å². The van der Waals surface area contributed by atoms with Crippen molar-refractivity contribution < 1.29 is 14.6 Å². The van der Waals surface area contributed by atoms with Gasteiger partial charge in [0.1, 0.15) is 5.75 Å². The molecule has 0 amide bonds. The monoisotopic (exact) mass is 368 g/mol. The van der Waals surface area contributed by atoms with Crippen LogP contribution in [0.5, 0.6) is 5.75 Å². The summed E-state index contributed by atoms with van der Waals surface area (Å²) < 4.78 is 5.82. The Bertz CT molecular complexity index is 674. The third-order valence-electron chi connectivity index (χ3n) is 4.98. The van der Waals surface area contributed by atoms with Gasteiger partial charge in [-0.2, -0.15) is 0 Å². The van der Waals surface area contributed by atoms with E-state index in [4.69, 9.17) is 4.74 Å². The average molecular weight is 369 g/mol. The third-order valence-corrected chi connectivity index (χ3v) is 4.98. The Morgan fingerprint density at radius 1 is 0.889 bits per heavy atom. The topological polar surface area (TPSA) is 46.5 Å². The van der Waals surface area contributed by atoms with E-state index in [1.807, 2.05) is 31.2 Å². The Balaban J connectivity index is 1.86. The maximum absolute atomic E-state index is 11.2. The minimum atomic E-state index is -0.720. The standard InChI is InChI=1S/C24H32O3/c1-3-5-6-7-8-17-27-23-15-13-22(14-16-23)21-11-9-19(10-12-21)18-20(4-2)24(25)26/h9-16,20H,3-8,17-18H2,1-2H3,(H,25,26). The highest BCUT2D eigenvalue weighted by molar-refractivity contribution is 5.70. The van der Waals surface area contributed by atoms with Gasteiger partial charge in [0.05, 0.1) is 12.5 Å². The third kappa shape index (κ3) is 7.09. The second kappa shape index (κ2) is 11.4. The Morgan fingerprint density at radius 2 is 1.48 bits per heavy atom. The molecular formula is C24H32O3. The molecule has 27 heavy (non-hydrogen) atoms. The van der Waals surface area contributed by atoms with Gasteiger partial charge in [-0.05, 0) is 48.1 Å². The molecule has 3 nitrogen and oxygen atoms in total. The zero-order valence-electron chi connectivity index (χ0n) is 16.6. The SMILES string of the molecule is CCCCCCCOc1ccc(-c2ccc(CC(CC)C(=O)O)cc2)cc1. The Kier molecular flexibility index (Phi) is 8.90. The molecule has 3 heteroatoms. The molecule has 0 bridgehead atoms. The lowest BCUT2D eigenvalue weighted by Gasteiger charge is -2.11. The van der Waals surface area contributed by atoms with E-state index in [1.165, 1.54) is 25.7 Å². The van der Waals surface area contributed by atoms with Crippen molar-refractivity contribution in [3.63, 3.8) is 0 Å². The number of benzene rings is 2. The van der Waals surface area contributed by atoms with Crippen LogP contribution < -0.4 is 4.74 Å². The largest absolute Gasteiger partial charge is 0.494 e. The van der Waals surface area contributed by atoms with Crippen LogP contribution in [-0.4, -0.2) is 17.7 Å². The van der Waals surface area contributed by atoms with Gasteiger partial charge in [-0.1, -0.05) is 75.9 Å². The van der Waals surface area contributed by atoms with Crippen LogP contribution in [-0.2, 0) is 11.2 Å². The van der Waals surface area contributed by atoms with E-state index in [-0.39, 0.29) is 5.92 Å². The van der Waals surface area contributed by atoms with Gasteiger partial charge < -0.3 is 9.84 Å². The lowest BCUT2D eigenvalue weighted by molar-refractivity contribution is -0.141. The molecule has 2 aromatic rings. The molecule has 1 atom stereocenters. The predicted molar refractivity (Wildman–Crippen MR) is 111 cm³/mol. The lowest BCUT2D eigenvalue weighted by Crippen LogP contribution is -2.15. The summed E-state index contributed by atoms with van der Waals surface area (Å²) in [6.45, 7) is 4.92. The smallest absolute Gasteiger partial charge is 0.306 e. The Hall–Kier alpha value is -2.29. The van der Waals surface area contributed by atoms with Crippen LogP contribution in [0, 0.1) is 5.92 Å². The summed E-state index contributed by atoms with van der Waals surface area (Å²) in [6.07, 6.45) is 7.44. The van der Waals surface area contributed by atoms with Crippen LogP contribution in [0.4, 0.5) is 0 Å². The van der Waals surface area contributed by atoms with E-state index >= 15 is 0 Å². The van der Waals surface area contributed by atoms with Crippen LogP contribution in [0.3, 0.4) is 0 Å². The summed E-state index contributed by atoms with van der Waals surface area (Å²) in [7, 11) is 0. The highest BCUT2D eigenvalue weighted by atomic mass is 16.5. The first-order chi connectivity index (χ1) is 13.1. The fourth-order valence-electron chi connectivity index (χ4n) is 3.16. The van der Waals surface area contributed by atoms with Crippen molar-refractivity contribution in [1.29, 1.82) is 0 Å². The minimum Gasteiger partial charge on any atom is -0.494 e. The molecule has 0 aliphatic heterocycles. The zero-order valence-corrected chi connectivity index (χ0v) is 16.6. The highest BCUT2D eigenvalue weighted by Gasteiger charge is 2.15. The summed E-state index contributed by atoms with van der Waals surface area (Å²) >= 11 is 0. The average Bonchev–Trinajstić information content (AvgIpc) is 2.69. The number of ether oxygens (including phenoxy) is 1. The molecule has 0 heterocycles. The molecule has 146 valence electrons. The Labute approximate surface area is 163 Å². The second-order valence-corrected chi connectivity index (χ2v) is 7.13. The van der Waals surface area contributed by atoms with Crippen LogP contribution in [0.1, 0.15) is 57.9 Å². The number of carboxylic acids is 1. The van der Waals surface area contributed by atoms with Crippen molar-refractivity contribution in [2.24, 2.45) is 5.92 Å². The second-order valence-electron chi connectivity index (χ2n) is 7.13. The summed E-state index contributed by atoms with van der Waals surface area (Å²) in [5.41, 5.74) is 3.34. The molecule has 0 aliphatic rings. The van der Waals surface area contributed by atoms with Gasteiger partial charge in [0.15, 0.2) is 0 Å². The normalized spacial score (nSPS) is 11.9. The molecule has 0 radical (unpaired) electrons. The number of carboxylic acid groups (broad SMARTS) is 1. The number of unbranched alkanes of at least 4 members (excludes halogenated alkanes) is 4. The molecule has 0 aliphatic carbocycles. The van der Waals surface area contributed by atoms with E-state index < -0.39 is 5.97 Å². The molecular weight excluding hydrogens is 336 g/mol. The van der Waals surface area contributed by atoms with E-state index in [2.05, 4.69) is 31.2 Å². The van der Waals surface area contributed by atoms with Crippen LogP contribution in [0.2, 0.25) is 0 Å². The Morgan fingerprint density at radius 3 is 2.04 bits per heavy atom. The molecule has 1 N–H and O–H groups in total.